The minimum Gasteiger partial charge on any atom is -0.759 e. The molecule has 0 aliphatic carbocycles. The first-order chi connectivity index (χ1) is 4.00. The van der Waals surface area contributed by atoms with Crippen LogP contribution in [0.15, 0.2) is 0 Å². The molecule has 0 saturated heterocycles. The zero-order chi connectivity index (χ0) is 9.00. The molecule has 0 aromatic heterocycles. The van der Waals surface area contributed by atoms with Gasteiger partial charge in [-0.1, -0.05) is 0 Å². The van der Waals surface area contributed by atoms with Gasteiger partial charge >= 0.3 is 21.1 Å². The summed E-state index contributed by atoms with van der Waals surface area (Å²) in [6, 6.07) is 0. The van der Waals surface area contributed by atoms with Crippen LogP contribution in [-0.4, -0.2) is 40.5 Å². The molecule has 0 saturated carbocycles. The van der Waals surface area contributed by atoms with Gasteiger partial charge in [-0.25, -0.2) is 0 Å². The van der Waals surface area contributed by atoms with E-state index in [1.165, 1.54) is 0 Å². The maximum Gasteiger partial charge on any atom is 4.00 e. The van der Waals surface area contributed by atoms with E-state index in [1.54, 1.807) is 0 Å². The van der Waals surface area contributed by atoms with Crippen LogP contribution in [-0.2, 0) is 41.9 Å². The fourth-order valence-corrected chi connectivity index (χ4v) is 0. The van der Waals surface area contributed by atoms with E-state index in [0.29, 0.717) is 0 Å². The van der Waals surface area contributed by atoms with Crippen LogP contribution < -0.4 is 0 Å². The van der Waals surface area contributed by atoms with E-state index in [0.717, 1.165) is 0 Å². The molecular formula is H2MoO9S2. The van der Waals surface area contributed by atoms with Crippen molar-refractivity contribution in [2.75, 3.05) is 0 Å². The van der Waals surface area contributed by atoms with Crippen LogP contribution in [0.1, 0.15) is 0 Å². The molecule has 9 nitrogen and oxygen atoms in total. The molecule has 0 heterocycles. The molecule has 2 N–H and O–H groups in total. The van der Waals surface area contributed by atoms with E-state index in [2.05, 4.69) is 0 Å². The zero-order valence-corrected chi connectivity index (χ0v) is 8.63. The minimum absolute atomic E-state index is 0. The van der Waals surface area contributed by atoms with Gasteiger partial charge in [-0.05, 0) is 0 Å². The first kappa shape index (κ1) is 22.8. The van der Waals surface area contributed by atoms with Crippen molar-refractivity contribution in [1.29, 1.82) is 0 Å². The molecule has 0 unspecified atom stereocenters. The zero-order valence-electron chi connectivity index (χ0n) is 4.99. The summed E-state index contributed by atoms with van der Waals surface area (Å²) < 4.78 is 68.2. The minimum atomic E-state index is -5.17. The summed E-state index contributed by atoms with van der Waals surface area (Å²) in [5.41, 5.74) is 0. The Kier molecular flexibility index (Phi) is 15.2. The van der Waals surface area contributed by atoms with Crippen molar-refractivity contribution >= 4 is 20.8 Å². The molecule has 0 atom stereocenters. The normalized spacial score (nSPS) is 9.67. The Hall–Kier alpha value is 0.388. The predicted molar refractivity (Wildman–Crippen MR) is 24.6 cm³/mol. The van der Waals surface area contributed by atoms with Crippen molar-refractivity contribution in [3.63, 3.8) is 0 Å². The molecule has 0 bridgehead atoms. The van der Waals surface area contributed by atoms with E-state index >= 15 is 0 Å². The maximum absolute atomic E-state index is 8.52. The van der Waals surface area contributed by atoms with Crippen molar-refractivity contribution in [1.82, 2.24) is 0 Å². The third kappa shape index (κ3) is 6070. The van der Waals surface area contributed by atoms with E-state index < -0.39 is 20.8 Å². The molecule has 0 fully saturated rings. The first-order valence-electron chi connectivity index (χ1n) is 1.33. The van der Waals surface area contributed by atoms with Crippen LogP contribution >= 0.6 is 0 Å². The van der Waals surface area contributed by atoms with Crippen LogP contribution in [0.2, 0.25) is 0 Å². The van der Waals surface area contributed by atoms with Gasteiger partial charge in [0.2, 0.25) is 0 Å². The van der Waals surface area contributed by atoms with Gasteiger partial charge in [-0.2, -0.15) is 0 Å². The summed E-state index contributed by atoms with van der Waals surface area (Å²) in [7, 11) is -10.3. The molecule has 0 radical (unpaired) electrons. The van der Waals surface area contributed by atoms with Gasteiger partial charge in [0.05, 0.1) is 0 Å². The van der Waals surface area contributed by atoms with Crippen LogP contribution in [0, 0.1) is 0 Å². The van der Waals surface area contributed by atoms with Crippen molar-refractivity contribution in [3.05, 3.63) is 0 Å². The van der Waals surface area contributed by atoms with E-state index in [1.807, 2.05) is 0 Å². The average molecular weight is 306 g/mol. The monoisotopic (exact) mass is 308 g/mol. The maximum atomic E-state index is 8.52. The standard InChI is InChI=1S/Mo.2H2O4S.H2O/c;2*1-5(2,3)4;/h;2*(H2,1,2,3,4);1H2/q+4;;;/p-4. The summed E-state index contributed by atoms with van der Waals surface area (Å²) in [5.74, 6) is 0. The summed E-state index contributed by atoms with van der Waals surface area (Å²) in [4.78, 5) is 0. The molecule has 0 rings (SSSR count). The SMILES string of the molecule is O.O=S(=O)([O-])[O-].O=S(=O)([O-])[O-].[Mo+4]. The molecule has 0 amide bonds. The van der Waals surface area contributed by atoms with Gasteiger partial charge in [-0.15, -0.1) is 0 Å². The van der Waals surface area contributed by atoms with Crippen LogP contribution in [0.25, 0.3) is 0 Å². The average Bonchev–Trinajstić information content (AvgIpc) is 1.12. The molecule has 12 heavy (non-hydrogen) atoms. The number of hydrogen-bond acceptors (Lipinski definition) is 8. The van der Waals surface area contributed by atoms with Gasteiger partial charge < -0.3 is 23.7 Å². The van der Waals surface area contributed by atoms with Gasteiger partial charge in [0.15, 0.2) is 0 Å². The quantitative estimate of drug-likeness (QED) is 0.250. The van der Waals surface area contributed by atoms with Gasteiger partial charge in [0.25, 0.3) is 0 Å². The molecule has 74 valence electrons. The molecule has 0 aromatic carbocycles. The molecule has 0 aliphatic rings. The van der Waals surface area contributed by atoms with Crippen molar-refractivity contribution in [2.24, 2.45) is 0 Å². The summed E-state index contributed by atoms with van der Waals surface area (Å²) in [5, 5.41) is 0. The number of rotatable bonds is 0. The van der Waals surface area contributed by atoms with Crippen LogP contribution in [0.3, 0.4) is 0 Å². The van der Waals surface area contributed by atoms with E-state index in [9.17, 15) is 0 Å². The molecule has 12 heteroatoms. The summed E-state index contributed by atoms with van der Waals surface area (Å²) in [6.07, 6.45) is 0. The third-order valence-electron chi connectivity index (χ3n) is 0. The third-order valence-corrected chi connectivity index (χ3v) is 0. The fourth-order valence-electron chi connectivity index (χ4n) is 0. The van der Waals surface area contributed by atoms with E-state index in [4.69, 9.17) is 35.0 Å². The molecule has 0 spiro atoms. The summed E-state index contributed by atoms with van der Waals surface area (Å²) >= 11 is 0. The van der Waals surface area contributed by atoms with E-state index in [-0.39, 0.29) is 26.5 Å². The second kappa shape index (κ2) is 8.01. The van der Waals surface area contributed by atoms with Crippen molar-refractivity contribution in [2.45, 2.75) is 0 Å². The Balaban J connectivity index is -0.0000000457. The second-order valence-corrected chi connectivity index (χ2v) is 2.45. The Morgan fingerprint density at radius 1 is 0.667 bits per heavy atom. The molecular weight excluding hydrogens is 304 g/mol. The fraction of sp³-hybridized carbons (Fsp3) is 0. The first-order valence-corrected chi connectivity index (χ1v) is 4.00. The van der Waals surface area contributed by atoms with Crippen LogP contribution in [0.4, 0.5) is 0 Å². The Morgan fingerprint density at radius 3 is 0.667 bits per heavy atom. The molecule has 0 aliphatic heterocycles. The largest absolute Gasteiger partial charge is 4.00 e. The van der Waals surface area contributed by atoms with Gasteiger partial charge in [0, 0.05) is 20.8 Å². The topological polar surface area (TPSA) is 192 Å². The van der Waals surface area contributed by atoms with Gasteiger partial charge in [0.1, 0.15) is 0 Å². The van der Waals surface area contributed by atoms with Crippen molar-refractivity contribution in [3.8, 4) is 0 Å². The Labute approximate surface area is 82.5 Å². The molecule has 0 aromatic rings. The second-order valence-electron chi connectivity index (χ2n) is 0.816. The summed E-state index contributed by atoms with van der Waals surface area (Å²) in [6.45, 7) is 0. The van der Waals surface area contributed by atoms with Crippen molar-refractivity contribution < 1.29 is 61.6 Å². The number of hydrogen-bond donors (Lipinski definition) is 0. The Bertz CT molecular complexity index is 209. The smallest absolute Gasteiger partial charge is 0.759 e. The Morgan fingerprint density at radius 2 is 0.667 bits per heavy atom. The van der Waals surface area contributed by atoms with Gasteiger partial charge in [-0.3, -0.25) is 16.8 Å². The van der Waals surface area contributed by atoms with Crippen LogP contribution in [0.5, 0.6) is 0 Å². The predicted octanol–water partition coefficient (Wildman–Crippen LogP) is -3.50.